The predicted octanol–water partition coefficient (Wildman–Crippen LogP) is 4.34. The zero-order valence-electron chi connectivity index (χ0n) is 17.5. The second-order valence-electron chi connectivity index (χ2n) is 7.03. The van der Waals surface area contributed by atoms with E-state index in [0.717, 1.165) is 22.7 Å². The Morgan fingerprint density at radius 1 is 0.941 bits per heavy atom. The zero-order chi connectivity index (χ0) is 25.1. The van der Waals surface area contributed by atoms with Crippen LogP contribution in [0.5, 0.6) is 0 Å². The molecule has 1 amide bonds. The van der Waals surface area contributed by atoms with Crippen LogP contribution in [0.1, 0.15) is 0 Å². The summed E-state index contributed by atoms with van der Waals surface area (Å²) in [4.78, 5) is 12.4. The first-order valence-corrected chi connectivity index (χ1v) is 13.6. The predicted molar refractivity (Wildman–Crippen MR) is 131 cm³/mol. The van der Waals surface area contributed by atoms with Crippen molar-refractivity contribution in [1.82, 2.24) is 0 Å². The average molecular weight is 546 g/mol. The number of amides is 1. The van der Waals surface area contributed by atoms with Gasteiger partial charge in [0.15, 0.2) is 0 Å². The third-order valence-electron chi connectivity index (χ3n) is 4.45. The minimum atomic E-state index is -3.94. The van der Waals surface area contributed by atoms with Crippen molar-refractivity contribution in [2.24, 2.45) is 0 Å². The normalized spacial score (nSPS) is 11.6. The molecule has 180 valence electrons. The summed E-state index contributed by atoms with van der Waals surface area (Å²) < 4.78 is 66.1. The van der Waals surface area contributed by atoms with E-state index in [4.69, 9.17) is 23.2 Å². The maximum absolute atomic E-state index is 13.4. The first kappa shape index (κ1) is 25.8. The molecule has 0 saturated carbocycles. The van der Waals surface area contributed by atoms with Crippen LogP contribution in [0, 0.1) is 5.82 Å². The van der Waals surface area contributed by atoms with Crippen LogP contribution < -0.4 is 14.3 Å². The third kappa shape index (κ3) is 6.38. The monoisotopic (exact) mass is 545 g/mol. The molecule has 3 aromatic rings. The molecule has 0 heterocycles. The second-order valence-corrected chi connectivity index (χ2v) is 11.4. The highest BCUT2D eigenvalue weighted by Gasteiger charge is 2.22. The number of para-hydroxylation sites is 1. The minimum Gasteiger partial charge on any atom is -0.325 e. The fourth-order valence-electron chi connectivity index (χ4n) is 2.84. The number of rotatable bonds is 8. The van der Waals surface area contributed by atoms with Crippen molar-refractivity contribution >= 4 is 66.2 Å². The van der Waals surface area contributed by atoms with Crippen LogP contribution in [0.15, 0.2) is 71.6 Å². The Kier molecular flexibility index (Phi) is 7.71. The molecule has 0 saturated heterocycles. The van der Waals surface area contributed by atoms with Crippen LogP contribution >= 0.6 is 23.2 Å². The Balaban J connectivity index is 1.73. The van der Waals surface area contributed by atoms with Crippen molar-refractivity contribution in [2.75, 3.05) is 27.1 Å². The van der Waals surface area contributed by atoms with Gasteiger partial charge in [-0.2, -0.15) is 0 Å². The fourth-order valence-corrected chi connectivity index (χ4v) is 5.18. The molecule has 2 N–H and O–H groups in total. The van der Waals surface area contributed by atoms with E-state index >= 15 is 0 Å². The summed E-state index contributed by atoms with van der Waals surface area (Å²) in [5, 5.41) is 2.42. The van der Waals surface area contributed by atoms with Crippen LogP contribution in [0.2, 0.25) is 10.0 Å². The van der Waals surface area contributed by atoms with E-state index < -0.39 is 38.3 Å². The quantitative estimate of drug-likeness (QED) is 0.437. The molecular formula is C21H18Cl2FN3O5S2. The summed E-state index contributed by atoms with van der Waals surface area (Å²) in [5.74, 6) is -1.45. The van der Waals surface area contributed by atoms with E-state index in [1.165, 1.54) is 42.5 Å². The van der Waals surface area contributed by atoms with E-state index in [2.05, 4.69) is 10.0 Å². The van der Waals surface area contributed by atoms with E-state index in [1.54, 1.807) is 12.1 Å². The standard InChI is InChI=1S/C21H18Cl2FN3O5S2/c1-33(29,30)27(15-8-11-19(24)18(23)12-15)13-21(28)25-14-6-9-16(10-7-14)34(31,32)26-20-5-3-2-4-17(20)22/h2-12,26H,13H2,1H3,(H,25,28). The van der Waals surface area contributed by atoms with Crippen LogP contribution in [-0.2, 0) is 24.8 Å². The molecule has 34 heavy (non-hydrogen) atoms. The lowest BCUT2D eigenvalue weighted by Crippen LogP contribution is -2.37. The molecule has 0 aromatic heterocycles. The topological polar surface area (TPSA) is 113 Å². The summed E-state index contributed by atoms with van der Waals surface area (Å²) in [7, 11) is -7.84. The maximum Gasteiger partial charge on any atom is 0.261 e. The van der Waals surface area contributed by atoms with Crippen molar-refractivity contribution in [2.45, 2.75) is 4.90 Å². The lowest BCUT2D eigenvalue weighted by molar-refractivity contribution is -0.114. The molecule has 3 rings (SSSR count). The van der Waals surface area contributed by atoms with Gasteiger partial charge >= 0.3 is 0 Å². The Morgan fingerprint density at radius 2 is 1.59 bits per heavy atom. The molecule has 0 radical (unpaired) electrons. The molecule has 8 nitrogen and oxygen atoms in total. The second kappa shape index (κ2) is 10.2. The SMILES string of the molecule is CS(=O)(=O)N(CC(=O)Nc1ccc(S(=O)(=O)Nc2ccccc2Cl)cc1)c1ccc(F)c(Cl)c1. The highest BCUT2D eigenvalue weighted by atomic mass is 35.5. The number of carbonyl (C=O) groups is 1. The molecule has 0 spiro atoms. The van der Waals surface area contributed by atoms with Gasteiger partial charge in [0.1, 0.15) is 12.4 Å². The summed E-state index contributed by atoms with van der Waals surface area (Å²) >= 11 is 11.7. The summed E-state index contributed by atoms with van der Waals surface area (Å²) in [6, 6.07) is 14.8. The van der Waals surface area contributed by atoms with Gasteiger partial charge in [0.25, 0.3) is 10.0 Å². The van der Waals surface area contributed by atoms with E-state index in [-0.39, 0.29) is 32.0 Å². The van der Waals surface area contributed by atoms with Gasteiger partial charge < -0.3 is 5.32 Å². The highest BCUT2D eigenvalue weighted by Crippen LogP contribution is 2.26. The summed E-state index contributed by atoms with van der Waals surface area (Å²) in [5.41, 5.74) is 0.451. The van der Waals surface area contributed by atoms with Crippen LogP contribution in [0.25, 0.3) is 0 Å². The minimum absolute atomic E-state index is 0.0103. The third-order valence-corrected chi connectivity index (χ3v) is 7.59. The number of nitrogens with zero attached hydrogens (tertiary/aromatic N) is 1. The zero-order valence-corrected chi connectivity index (χ0v) is 20.6. The number of sulfonamides is 2. The molecule has 0 fully saturated rings. The number of hydrogen-bond donors (Lipinski definition) is 2. The Morgan fingerprint density at radius 3 is 2.18 bits per heavy atom. The van der Waals surface area contributed by atoms with Crippen LogP contribution in [0.4, 0.5) is 21.5 Å². The molecule has 0 unspecified atom stereocenters. The van der Waals surface area contributed by atoms with Gasteiger partial charge in [-0.1, -0.05) is 35.3 Å². The number of hydrogen-bond acceptors (Lipinski definition) is 5. The van der Waals surface area contributed by atoms with E-state index in [0.29, 0.717) is 0 Å². The van der Waals surface area contributed by atoms with Crippen molar-refractivity contribution < 1.29 is 26.0 Å². The Bertz CT molecular complexity index is 1430. The van der Waals surface area contributed by atoms with Gasteiger partial charge in [-0.25, -0.2) is 21.2 Å². The molecule has 3 aromatic carbocycles. The number of anilines is 3. The maximum atomic E-state index is 13.4. The first-order chi connectivity index (χ1) is 15.9. The summed E-state index contributed by atoms with van der Waals surface area (Å²) in [6.07, 6.45) is 0.892. The molecule has 0 aliphatic heterocycles. The van der Waals surface area contributed by atoms with Crippen molar-refractivity contribution in [3.05, 3.63) is 82.6 Å². The van der Waals surface area contributed by atoms with Crippen molar-refractivity contribution in [1.29, 1.82) is 0 Å². The van der Waals surface area contributed by atoms with Crippen LogP contribution in [0.3, 0.4) is 0 Å². The average Bonchev–Trinajstić information content (AvgIpc) is 2.75. The molecule has 0 aliphatic rings. The number of halogens is 3. The van der Waals surface area contributed by atoms with Crippen molar-refractivity contribution in [3.63, 3.8) is 0 Å². The van der Waals surface area contributed by atoms with Crippen molar-refractivity contribution in [3.8, 4) is 0 Å². The molecule has 0 bridgehead atoms. The summed E-state index contributed by atoms with van der Waals surface area (Å²) in [6.45, 7) is -0.616. The number of carbonyl (C=O) groups excluding carboxylic acids is 1. The lowest BCUT2D eigenvalue weighted by Gasteiger charge is -2.22. The van der Waals surface area contributed by atoms with E-state index in [9.17, 15) is 26.0 Å². The molecule has 13 heteroatoms. The molecule has 0 atom stereocenters. The fraction of sp³-hybridized carbons (Fsp3) is 0.0952. The molecular weight excluding hydrogens is 528 g/mol. The number of nitrogens with one attached hydrogen (secondary N) is 2. The van der Waals surface area contributed by atoms with Gasteiger partial charge in [-0.05, 0) is 54.6 Å². The Hall–Kier alpha value is -2.86. The lowest BCUT2D eigenvalue weighted by atomic mass is 10.3. The first-order valence-electron chi connectivity index (χ1n) is 9.47. The highest BCUT2D eigenvalue weighted by molar-refractivity contribution is 7.92. The van der Waals surface area contributed by atoms with Gasteiger partial charge in [-0.15, -0.1) is 0 Å². The van der Waals surface area contributed by atoms with Gasteiger partial charge in [-0.3, -0.25) is 13.8 Å². The smallest absolute Gasteiger partial charge is 0.261 e. The largest absolute Gasteiger partial charge is 0.325 e. The number of benzene rings is 3. The van der Waals surface area contributed by atoms with Gasteiger partial charge in [0.2, 0.25) is 15.9 Å². The van der Waals surface area contributed by atoms with Gasteiger partial charge in [0, 0.05) is 5.69 Å². The van der Waals surface area contributed by atoms with E-state index in [1.807, 2.05) is 0 Å². The molecule has 0 aliphatic carbocycles. The van der Waals surface area contributed by atoms with Gasteiger partial charge in [0.05, 0.1) is 32.6 Å². The van der Waals surface area contributed by atoms with Crippen LogP contribution in [-0.4, -0.2) is 35.5 Å². The Labute approximate surface area is 206 Å².